The van der Waals surface area contributed by atoms with E-state index in [9.17, 15) is 0 Å². The van der Waals surface area contributed by atoms with Crippen LogP contribution in [-0.2, 0) is 0 Å². The van der Waals surface area contributed by atoms with Crippen LogP contribution in [0, 0.1) is 6.92 Å². The fraction of sp³-hybridized carbons (Fsp3) is 0.143. The van der Waals surface area contributed by atoms with Crippen LogP contribution in [0.4, 0.5) is 0 Å². The Morgan fingerprint density at radius 2 is 2.00 bits per heavy atom. The maximum atomic E-state index is 5.86. The number of allylic oxidation sites excluding steroid dienone is 2. The molecule has 15 heavy (non-hydrogen) atoms. The molecule has 1 aliphatic rings. The van der Waals surface area contributed by atoms with Crippen LogP contribution >= 0.6 is 0 Å². The van der Waals surface area contributed by atoms with Crippen LogP contribution < -0.4 is 4.74 Å². The second kappa shape index (κ2) is 4.18. The zero-order valence-corrected chi connectivity index (χ0v) is 8.81. The van der Waals surface area contributed by atoms with Gasteiger partial charge in [0.25, 0.3) is 0 Å². The third-order valence-corrected chi connectivity index (χ3v) is 2.42. The molecule has 1 nitrogen and oxygen atoms in total. The van der Waals surface area contributed by atoms with Gasteiger partial charge in [-0.3, -0.25) is 0 Å². The average molecular weight is 198 g/mol. The van der Waals surface area contributed by atoms with E-state index in [2.05, 4.69) is 6.58 Å². The second-order valence-corrected chi connectivity index (χ2v) is 3.62. The summed E-state index contributed by atoms with van der Waals surface area (Å²) in [5.74, 6) is 0.920. The molecule has 0 saturated heterocycles. The van der Waals surface area contributed by atoms with Crippen molar-refractivity contribution >= 4 is 0 Å². The first-order chi connectivity index (χ1) is 7.27. The van der Waals surface area contributed by atoms with Crippen LogP contribution in [0.15, 0.2) is 60.7 Å². The first-order valence-corrected chi connectivity index (χ1v) is 5.03. The lowest BCUT2D eigenvalue weighted by Crippen LogP contribution is -2.16. The van der Waals surface area contributed by atoms with Crippen LogP contribution in [0.25, 0.3) is 0 Å². The van der Waals surface area contributed by atoms with Gasteiger partial charge in [0.05, 0.1) is 0 Å². The lowest BCUT2D eigenvalue weighted by Gasteiger charge is -2.19. The van der Waals surface area contributed by atoms with Gasteiger partial charge in [-0.05, 0) is 30.2 Å². The van der Waals surface area contributed by atoms with Crippen molar-refractivity contribution in [2.75, 3.05) is 0 Å². The summed E-state index contributed by atoms with van der Waals surface area (Å²) < 4.78 is 5.86. The van der Waals surface area contributed by atoms with Gasteiger partial charge in [-0.1, -0.05) is 43.0 Å². The lowest BCUT2D eigenvalue weighted by molar-refractivity contribution is 0.285. The molecule has 1 aliphatic carbocycles. The van der Waals surface area contributed by atoms with E-state index in [1.807, 2.05) is 55.5 Å². The summed E-state index contributed by atoms with van der Waals surface area (Å²) in [5, 5.41) is 0. The first kappa shape index (κ1) is 9.78. The van der Waals surface area contributed by atoms with E-state index in [1.54, 1.807) is 0 Å². The Morgan fingerprint density at radius 3 is 2.73 bits per heavy atom. The van der Waals surface area contributed by atoms with Gasteiger partial charge in [-0.25, -0.2) is 0 Å². The molecule has 0 spiro atoms. The summed E-state index contributed by atoms with van der Waals surface area (Å²) in [7, 11) is 0. The highest BCUT2D eigenvalue weighted by Gasteiger charge is 2.11. The minimum absolute atomic E-state index is 0.0314. The topological polar surface area (TPSA) is 9.23 Å². The van der Waals surface area contributed by atoms with E-state index in [4.69, 9.17) is 4.74 Å². The summed E-state index contributed by atoms with van der Waals surface area (Å²) >= 11 is 0. The van der Waals surface area contributed by atoms with Crippen molar-refractivity contribution < 1.29 is 4.74 Å². The molecule has 76 valence electrons. The van der Waals surface area contributed by atoms with Crippen molar-refractivity contribution in [1.29, 1.82) is 0 Å². The highest BCUT2D eigenvalue weighted by Crippen LogP contribution is 2.22. The monoisotopic (exact) mass is 198 g/mol. The smallest absolute Gasteiger partial charge is 0.142 e. The standard InChI is InChI=1S/C14H14O/c1-11-7-3-5-9-13(11)15-14-10-6-4-8-12(14)2/h3-10,13H,1H2,2H3. The highest BCUT2D eigenvalue weighted by atomic mass is 16.5. The Bertz CT molecular complexity index is 427. The van der Waals surface area contributed by atoms with E-state index in [0.717, 1.165) is 16.9 Å². The molecule has 1 unspecified atom stereocenters. The van der Waals surface area contributed by atoms with Crippen LogP contribution in [0.5, 0.6) is 5.75 Å². The molecule has 0 N–H and O–H groups in total. The second-order valence-electron chi connectivity index (χ2n) is 3.62. The Labute approximate surface area is 90.4 Å². The molecule has 2 rings (SSSR count). The quantitative estimate of drug-likeness (QED) is 0.707. The van der Waals surface area contributed by atoms with Gasteiger partial charge < -0.3 is 4.74 Å². The van der Waals surface area contributed by atoms with Gasteiger partial charge in [0.2, 0.25) is 0 Å². The van der Waals surface area contributed by atoms with Gasteiger partial charge in [0.15, 0.2) is 0 Å². The van der Waals surface area contributed by atoms with E-state index >= 15 is 0 Å². The Hall–Kier alpha value is -1.76. The summed E-state index contributed by atoms with van der Waals surface area (Å²) in [6.07, 6.45) is 7.91. The summed E-state index contributed by atoms with van der Waals surface area (Å²) in [6, 6.07) is 8.01. The van der Waals surface area contributed by atoms with Crippen molar-refractivity contribution in [3.63, 3.8) is 0 Å². The van der Waals surface area contributed by atoms with Crippen molar-refractivity contribution in [3.05, 3.63) is 66.3 Å². The molecule has 0 fully saturated rings. The van der Waals surface area contributed by atoms with Crippen molar-refractivity contribution in [1.82, 2.24) is 0 Å². The van der Waals surface area contributed by atoms with Crippen LogP contribution in [-0.4, -0.2) is 6.10 Å². The number of aryl methyl sites for hydroxylation is 1. The van der Waals surface area contributed by atoms with Crippen LogP contribution in [0.3, 0.4) is 0 Å². The zero-order valence-electron chi connectivity index (χ0n) is 8.81. The molecule has 0 aliphatic heterocycles. The zero-order chi connectivity index (χ0) is 10.7. The van der Waals surface area contributed by atoms with E-state index in [0.29, 0.717) is 0 Å². The molecule has 0 saturated carbocycles. The third kappa shape index (κ3) is 2.18. The number of benzene rings is 1. The molecule has 1 aromatic carbocycles. The van der Waals surface area contributed by atoms with E-state index in [1.165, 1.54) is 0 Å². The molecular weight excluding hydrogens is 184 g/mol. The van der Waals surface area contributed by atoms with Crippen LogP contribution in [0.1, 0.15) is 5.56 Å². The molecule has 1 heteroatoms. The van der Waals surface area contributed by atoms with E-state index in [-0.39, 0.29) is 6.10 Å². The molecule has 0 amide bonds. The van der Waals surface area contributed by atoms with Gasteiger partial charge in [0, 0.05) is 0 Å². The Kier molecular flexibility index (Phi) is 2.72. The number of hydrogen-bond donors (Lipinski definition) is 0. The van der Waals surface area contributed by atoms with Crippen molar-refractivity contribution in [2.24, 2.45) is 0 Å². The normalized spacial score (nSPS) is 19.3. The van der Waals surface area contributed by atoms with E-state index < -0.39 is 0 Å². The first-order valence-electron chi connectivity index (χ1n) is 5.03. The molecule has 0 heterocycles. The van der Waals surface area contributed by atoms with Crippen molar-refractivity contribution in [2.45, 2.75) is 13.0 Å². The average Bonchev–Trinajstić information content (AvgIpc) is 2.24. The largest absolute Gasteiger partial charge is 0.481 e. The molecular formula is C14H14O. The molecule has 0 aromatic heterocycles. The third-order valence-electron chi connectivity index (χ3n) is 2.42. The molecule has 0 radical (unpaired) electrons. The van der Waals surface area contributed by atoms with Gasteiger partial charge in [-0.2, -0.15) is 0 Å². The number of hydrogen-bond acceptors (Lipinski definition) is 1. The van der Waals surface area contributed by atoms with Gasteiger partial charge in [-0.15, -0.1) is 0 Å². The minimum Gasteiger partial charge on any atom is -0.481 e. The molecule has 0 bridgehead atoms. The fourth-order valence-electron chi connectivity index (χ4n) is 1.50. The maximum Gasteiger partial charge on any atom is 0.142 e. The number of rotatable bonds is 2. The summed E-state index contributed by atoms with van der Waals surface area (Å²) in [6.45, 7) is 6.00. The van der Waals surface area contributed by atoms with Crippen molar-refractivity contribution in [3.8, 4) is 5.75 Å². The molecule has 1 atom stereocenters. The van der Waals surface area contributed by atoms with Gasteiger partial charge in [0.1, 0.15) is 11.9 Å². The summed E-state index contributed by atoms with van der Waals surface area (Å²) in [5.41, 5.74) is 2.13. The number of ether oxygens (including phenoxy) is 1. The predicted octanol–water partition coefficient (Wildman–Crippen LogP) is 3.42. The highest BCUT2D eigenvalue weighted by molar-refractivity contribution is 5.37. The SMILES string of the molecule is C=C1C=CC=CC1Oc1ccccc1C. The predicted molar refractivity (Wildman–Crippen MR) is 63.0 cm³/mol. The molecule has 1 aromatic rings. The summed E-state index contributed by atoms with van der Waals surface area (Å²) in [4.78, 5) is 0. The number of para-hydroxylation sites is 1. The lowest BCUT2D eigenvalue weighted by atomic mass is 10.1. The van der Waals surface area contributed by atoms with Gasteiger partial charge >= 0.3 is 0 Å². The Morgan fingerprint density at radius 1 is 1.20 bits per heavy atom. The fourth-order valence-corrected chi connectivity index (χ4v) is 1.50. The maximum absolute atomic E-state index is 5.86. The Balaban J connectivity index is 2.16. The van der Waals surface area contributed by atoms with Crippen LogP contribution in [0.2, 0.25) is 0 Å². The minimum atomic E-state index is -0.0314.